The first kappa shape index (κ1) is 19.4. The van der Waals surface area contributed by atoms with Crippen LogP contribution in [0.5, 0.6) is 0 Å². The van der Waals surface area contributed by atoms with Crippen LogP contribution in [0.4, 0.5) is 5.69 Å². The van der Waals surface area contributed by atoms with Crippen molar-refractivity contribution in [2.24, 2.45) is 7.05 Å². The number of carbonyl (C=O) groups is 1. The second-order valence-electron chi connectivity index (χ2n) is 7.62. The Kier molecular flexibility index (Phi) is 4.75. The molecule has 154 valence electrons. The lowest BCUT2D eigenvalue weighted by Gasteiger charge is -2.08. The number of thiazole rings is 1. The summed E-state index contributed by atoms with van der Waals surface area (Å²) >= 11 is 1.72. The Morgan fingerprint density at radius 2 is 1.84 bits per heavy atom. The van der Waals surface area contributed by atoms with Crippen molar-refractivity contribution in [3.8, 4) is 0 Å². The lowest BCUT2D eigenvalue weighted by atomic mass is 10.1. The van der Waals surface area contributed by atoms with Crippen molar-refractivity contribution in [3.05, 3.63) is 82.1 Å². The second-order valence-corrected chi connectivity index (χ2v) is 8.74. The van der Waals surface area contributed by atoms with Gasteiger partial charge in [0.25, 0.3) is 5.91 Å². The predicted molar refractivity (Wildman–Crippen MR) is 125 cm³/mol. The van der Waals surface area contributed by atoms with Gasteiger partial charge in [0.1, 0.15) is 0 Å². The van der Waals surface area contributed by atoms with E-state index in [0.29, 0.717) is 11.2 Å². The Morgan fingerprint density at radius 3 is 2.61 bits per heavy atom. The summed E-state index contributed by atoms with van der Waals surface area (Å²) in [4.78, 5) is 22.3. The van der Waals surface area contributed by atoms with Crippen LogP contribution in [-0.4, -0.2) is 25.7 Å². The van der Waals surface area contributed by atoms with Gasteiger partial charge in [0.15, 0.2) is 5.65 Å². The van der Waals surface area contributed by atoms with Crippen molar-refractivity contribution < 1.29 is 4.79 Å². The molecule has 0 unspecified atom stereocenters. The fraction of sp³-hybridized carbons (Fsp3) is 0.167. The Hall–Kier alpha value is -3.58. The molecular formula is C24H21N5OS. The molecule has 2 aromatic carbocycles. The number of nitrogens with one attached hydrogen (secondary N) is 1. The summed E-state index contributed by atoms with van der Waals surface area (Å²) in [5.74, 6) is -0.162. The summed E-state index contributed by atoms with van der Waals surface area (Å²) in [7, 11) is 1.84. The molecule has 1 N–H and O–H groups in total. The van der Waals surface area contributed by atoms with Gasteiger partial charge in [0.2, 0.25) is 0 Å². The molecule has 6 nitrogen and oxygen atoms in total. The molecule has 0 spiro atoms. The molecule has 0 atom stereocenters. The van der Waals surface area contributed by atoms with E-state index in [1.165, 1.54) is 4.70 Å². The van der Waals surface area contributed by atoms with Crippen molar-refractivity contribution in [2.45, 2.75) is 20.3 Å². The van der Waals surface area contributed by atoms with Crippen LogP contribution in [0.2, 0.25) is 0 Å². The minimum atomic E-state index is -0.162. The Bertz CT molecular complexity index is 1400. The van der Waals surface area contributed by atoms with Crippen molar-refractivity contribution in [1.29, 1.82) is 0 Å². The molecule has 0 aliphatic carbocycles. The normalized spacial score (nSPS) is 11.3. The fourth-order valence-corrected chi connectivity index (χ4v) is 4.83. The summed E-state index contributed by atoms with van der Waals surface area (Å²) in [6.07, 6.45) is 0.770. The molecule has 0 aliphatic heterocycles. The third-order valence-corrected chi connectivity index (χ3v) is 6.28. The van der Waals surface area contributed by atoms with Crippen molar-refractivity contribution in [3.63, 3.8) is 0 Å². The van der Waals surface area contributed by atoms with E-state index in [2.05, 4.69) is 21.5 Å². The van der Waals surface area contributed by atoms with Gasteiger partial charge in [-0.15, -0.1) is 11.3 Å². The molecule has 0 saturated carbocycles. The lowest BCUT2D eigenvalue weighted by Crippen LogP contribution is -2.13. The molecule has 31 heavy (non-hydrogen) atoms. The van der Waals surface area contributed by atoms with Crippen molar-refractivity contribution in [2.75, 3.05) is 5.32 Å². The molecule has 0 radical (unpaired) electrons. The van der Waals surface area contributed by atoms with E-state index in [4.69, 9.17) is 4.98 Å². The number of hydrogen-bond donors (Lipinski definition) is 1. The summed E-state index contributed by atoms with van der Waals surface area (Å²) in [6, 6.07) is 17.9. The molecule has 0 bridgehead atoms. The Balaban J connectivity index is 1.36. The summed E-state index contributed by atoms with van der Waals surface area (Å²) < 4.78 is 2.91. The topological polar surface area (TPSA) is 72.7 Å². The van der Waals surface area contributed by atoms with Gasteiger partial charge in [-0.1, -0.05) is 24.3 Å². The van der Waals surface area contributed by atoms with Gasteiger partial charge in [-0.05, 0) is 49.7 Å². The number of anilines is 1. The third kappa shape index (κ3) is 3.68. The number of hydrogen-bond acceptors (Lipinski definition) is 5. The first-order valence-corrected chi connectivity index (χ1v) is 10.9. The zero-order chi connectivity index (χ0) is 21.5. The van der Waals surface area contributed by atoms with Crippen LogP contribution < -0.4 is 5.32 Å². The average Bonchev–Trinajstić information content (AvgIpc) is 3.28. The van der Waals surface area contributed by atoms with Crippen LogP contribution in [0.3, 0.4) is 0 Å². The van der Waals surface area contributed by atoms with E-state index >= 15 is 0 Å². The number of benzene rings is 2. The molecule has 0 fully saturated rings. The van der Waals surface area contributed by atoms with Gasteiger partial charge in [-0.3, -0.25) is 9.48 Å². The number of aromatic nitrogens is 4. The van der Waals surface area contributed by atoms with Crippen LogP contribution >= 0.6 is 11.3 Å². The highest BCUT2D eigenvalue weighted by Crippen LogP contribution is 2.25. The number of fused-ring (bicyclic) bond motifs is 2. The third-order valence-electron chi connectivity index (χ3n) is 5.25. The highest BCUT2D eigenvalue weighted by molar-refractivity contribution is 7.18. The van der Waals surface area contributed by atoms with Gasteiger partial charge < -0.3 is 5.32 Å². The molecule has 0 aliphatic rings. The van der Waals surface area contributed by atoms with Crippen LogP contribution in [0.15, 0.2) is 54.6 Å². The molecule has 3 aromatic heterocycles. The van der Waals surface area contributed by atoms with Gasteiger partial charge in [0, 0.05) is 24.8 Å². The zero-order valence-electron chi connectivity index (χ0n) is 17.5. The Morgan fingerprint density at radius 1 is 1.06 bits per heavy atom. The van der Waals surface area contributed by atoms with Crippen LogP contribution in [0, 0.1) is 13.8 Å². The van der Waals surface area contributed by atoms with E-state index in [1.54, 1.807) is 16.0 Å². The number of aryl methyl sites for hydroxylation is 3. The molecule has 1 amide bonds. The van der Waals surface area contributed by atoms with Crippen LogP contribution in [0.1, 0.15) is 32.3 Å². The lowest BCUT2D eigenvalue weighted by molar-refractivity contribution is 0.102. The van der Waals surface area contributed by atoms with E-state index in [-0.39, 0.29) is 5.91 Å². The maximum absolute atomic E-state index is 13.0. The van der Waals surface area contributed by atoms with Gasteiger partial charge in [-0.2, -0.15) is 5.10 Å². The number of carbonyl (C=O) groups excluding carboxylic acids is 1. The highest BCUT2D eigenvalue weighted by Gasteiger charge is 2.18. The summed E-state index contributed by atoms with van der Waals surface area (Å²) in [6.45, 7) is 3.78. The molecular weight excluding hydrogens is 406 g/mol. The maximum Gasteiger partial charge on any atom is 0.256 e. The smallest absolute Gasteiger partial charge is 0.256 e. The number of nitrogens with zero attached hydrogens (tertiary/aromatic N) is 4. The standard InChI is InChI=1S/C24H21N5OS/c1-14-12-18(22-15(2)28-29(3)23(22)25-14)24(30)26-17-10-8-16(9-11-17)13-21-27-19-6-4-5-7-20(19)31-21/h4-12H,13H2,1-3H3,(H,26,30). The SMILES string of the molecule is Cc1cc(C(=O)Nc2ccc(Cc3nc4ccccc4s3)cc2)c2c(C)nn(C)c2n1. The quantitative estimate of drug-likeness (QED) is 0.436. The zero-order valence-corrected chi connectivity index (χ0v) is 18.3. The minimum Gasteiger partial charge on any atom is -0.322 e. The van der Waals surface area contributed by atoms with Crippen LogP contribution in [0.25, 0.3) is 21.3 Å². The highest BCUT2D eigenvalue weighted by atomic mass is 32.1. The van der Waals surface area contributed by atoms with E-state index in [9.17, 15) is 4.79 Å². The predicted octanol–water partition coefficient (Wildman–Crippen LogP) is 5.04. The molecule has 0 saturated heterocycles. The summed E-state index contributed by atoms with van der Waals surface area (Å²) in [5.41, 5.74) is 5.83. The number of rotatable bonds is 4. The first-order valence-electron chi connectivity index (χ1n) is 10.0. The van der Waals surface area contributed by atoms with E-state index in [1.807, 2.05) is 69.4 Å². The molecule has 5 rings (SSSR count). The average molecular weight is 428 g/mol. The molecule has 5 aromatic rings. The summed E-state index contributed by atoms with van der Waals surface area (Å²) in [5, 5.41) is 9.30. The number of para-hydroxylation sites is 1. The van der Waals surface area contributed by atoms with Crippen LogP contribution in [-0.2, 0) is 13.5 Å². The first-order chi connectivity index (χ1) is 15.0. The number of pyridine rings is 1. The monoisotopic (exact) mass is 427 g/mol. The minimum absolute atomic E-state index is 0.162. The van der Waals surface area contributed by atoms with Gasteiger partial charge >= 0.3 is 0 Å². The van der Waals surface area contributed by atoms with E-state index in [0.717, 1.165) is 45.0 Å². The maximum atomic E-state index is 13.0. The number of amides is 1. The second kappa shape index (κ2) is 7.59. The Labute approximate surface area is 183 Å². The van der Waals surface area contributed by atoms with Crippen molar-refractivity contribution in [1.82, 2.24) is 19.7 Å². The van der Waals surface area contributed by atoms with Gasteiger partial charge in [0.05, 0.1) is 31.9 Å². The fourth-order valence-electron chi connectivity index (χ4n) is 3.82. The van der Waals surface area contributed by atoms with Gasteiger partial charge in [-0.25, -0.2) is 9.97 Å². The van der Waals surface area contributed by atoms with E-state index < -0.39 is 0 Å². The van der Waals surface area contributed by atoms with Crippen molar-refractivity contribution >= 4 is 44.2 Å². The molecule has 3 heterocycles. The molecule has 7 heteroatoms. The largest absolute Gasteiger partial charge is 0.322 e.